The predicted octanol–water partition coefficient (Wildman–Crippen LogP) is 2.74. The highest BCUT2D eigenvalue weighted by Gasteiger charge is 2.19. The van der Waals surface area contributed by atoms with Gasteiger partial charge in [-0.2, -0.15) is 0 Å². The van der Waals surface area contributed by atoms with Gasteiger partial charge in [0.1, 0.15) is 5.76 Å². The van der Waals surface area contributed by atoms with Crippen LogP contribution in [0.25, 0.3) is 0 Å². The molecule has 0 aliphatic carbocycles. The summed E-state index contributed by atoms with van der Waals surface area (Å²) >= 11 is 0. The molecule has 0 bridgehead atoms. The van der Waals surface area contributed by atoms with Gasteiger partial charge >= 0.3 is 0 Å². The van der Waals surface area contributed by atoms with Crippen LogP contribution in [0.15, 0.2) is 40.9 Å². The smallest absolute Gasteiger partial charge is 0.133 e. The van der Waals surface area contributed by atoms with E-state index in [-0.39, 0.29) is 0 Å². The van der Waals surface area contributed by atoms with Crippen molar-refractivity contribution in [2.24, 2.45) is 0 Å². The Balaban J connectivity index is 1.47. The number of hydrogen-bond acceptors (Lipinski definition) is 4. The molecule has 0 unspecified atom stereocenters. The Bertz CT molecular complexity index is 530. The maximum atomic E-state index is 5.08. The van der Waals surface area contributed by atoms with Gasteiger partial charge in [-0.25, -0.2) is 0 Å². The first kappa shape index (κ1) is 13.2. The van der Waals surface area contributed by atoms with E-state index in [2.05, 4.69) is 45.7 Å². The molecule has 0 spiro atoms. The quantitative estimate of drug-likeness (QED) is 0.928. The van der Waals surface area contributed by atoms with E-state index in [1.165, 1.54) is 18.5 Å². The van der Waals surface area contributed by atoms with E-state index >= 15 is 0 Å². The van der Waals surface area contributed by atoms with Crippen LogP contribution in [0.2, 0.25) is 0 Å². The molecule has 1 aliphatic rings. The van der Waals surface area contributed by atoms with Gasteiger partial charge in [0, 0.05) is 37.4 Å². The van der Waals surface area contributed by atoms with E-state index in [0.29, 0.717) is 6.04 Å². The monoisotopic (exact) mass is 271 g/mol. The first-order valence-corrected chi connectivity index (χ1v) is 7.27. The maximum Gasteiger partial charge on any atom is 0.133 e. The molecule has 1 fully saturated rings. The van der Waals surface area contributed by atoms with Gasteiger partial charge in [-0.1, -0.05) is 23.4 Å². The highest BCUT2D eigenvalue weighted by atomic mass is 16.5. The third-order valence-electron chi connectivity index (χ3n) is 3.86. The summed E-state index contributed by atoms with van der Waals surface area (Å²) in [5.74, 6) is 0.876. The molecule has 1 saturated heterocycles. The number of aryl methyl sites for hydroxylation is 1. The zero-order valence-electron chi connectivity index (χ0n) is 11.9. The van der Waals surface area contributed by atoms with E-state index in [9.17, 15) is 0 Å². The topological polar surface area (TPSA) is 41.3 Å². The summed E-state index contributed by atoms with van der Waals surface area (Å²) in [6.07, 6.45) is 2.34. The molecule has 106 valence electrons. The Morgan fingerprint density at radius 1 is 1.25 bits per heavy atom. The Morgan fingerprint density at radius 2 is 2.00 bits per heavy atom. The summed E-state index contributed by atoms with van der Waals surface area (Å²) in [5.41, 5.74) is 2.33. The minimum absolute atomic E-state index is 0.576. The Hall–Kier alpha value is -1.81. The summed E-state index contributed by atoms with van der Waals surface area (Å²) < 4.78 is 5.08. The number of nitrogens with one attached hydrogen (secondary N) is 1. The van der Waals surface area contributed by atoms with Crippen LogP contribution >= 0.6 is 0 Å². The van der Waals surface area contributed by atoms with Gasteiger partial charge in [0.2, 0.25) is 0 Å². The fourth-order valence-electron chi connectivity index (χ4n) is 2.73. The molecule has 1 aromatic carbocycles. The standard InChI is InChI=1S/C16H21N3O/c1-13-11-15(18-20-13)12-17-14-7-9-19(10-8-14)16-5-3-2-4-6-16/h2-6,11,14,17H,7-10,12H2,1H3. The molecular weight excluding hydrogens is 250 g/mol. The van der Waals surface area contributed by atoms with Crippen molar-refractivity contribution in [3.8, 4) is 0 Å². The average Bonchev–Trinajstić information content (AvgIpc) is 2.92. The van der Waals surface area contributed by atoms with Gasteiger partial charge in [0.05, 0.1) is 5.69 Å². The molecule has 0 saturated carbocycles. The van der Waals surface area contributed by atoms with Crippen LogP contribution < -0.4 is 10.2 Å². The normalized spacial score (nSPS) is 16.6. The van der Waals surface area contributed by atoms with Gasteiger partial charge in [0.25, 0.3) is 0 Å². The van der Waals surface area contributed by atoms with Gasteiger partial charge in [0.15, 0.2) is 0 Å². The molecule has 0 atom stereocenters. The van der Waals surface area contributed by atoms with E-state index in [0.717, 1.165) is 31.1 Å². The Morgan fingerprint density at radius 3 is 2.65 bits per heavy atom. The average molecular weight is 271 g/mol. The van der Waals surface area contributed by atoms with Crippen LogP contribution in [0.4, 0.5) is 5.69 Å². The molecule has 1 aliphatic heterocycles. The van der Waals surface area contributed by atoms with Crippen LogP contribution in [0.1, 0.15) is 24.3 Å². The second kappa shape index (κ2) is 6.09. The lowest BCUT2D eigenvalue weighted by Crippen LogP contribution is -2.42. The number of aromatic nitrogens is 1. The third kappa shape index (κ3) is 3.20. The Kier molecular flexibility index (Phi) is 4.02. The Labute approximate surface area is 119 Å². The maximum absolute atomic E-state index is 5.08. The van der Waals surface area contributed by atoms with E-state index in [1.807, 2.05) is 13.0 Å². The molecule has 4 nitrogen and oxygen atoms in total. The summed E-state index contributed by atoms with van der Waals surface area (Å²) in [7, 11) is 0. The summed E-state index contributed by atoms with van der Waals surface area (Å²) in [6, 6.07) is 13.2. The largest absolute Gasteiger partial charge is 0.371 e. The lowest BCUT2D eigenvalue weighted by Gasteiger charge is -2.34. The van der Waals surface area contributed by atoms with Gasteiger partial charge < -0.3 is 14.7 Å². The first-order valence-electron chi connectivity index (χ1n) is 7.27. The SMILES string of the molecule is Cc1cc(CNC2CCN(c3ccccc3)CC2)no1. The van der Waals surface area contributed by atoms with Crippen LogP contribution in [0.5, 0.6) is 0 Å². The van der Waals surface area contributed by atoms with E-state index in [4.69, 9.17) is 4.52 Å². The number of rotatable bonds is 4. The molecule has 2 aromatic rings. The lowest BCUT2D eigenvalue weighted by molar-refractivity contribution is 0.376. The van der Waals surface area contributed by atoms with Crippen LogP contribution in [0, 0.1) is 6.92 Å². The minimum Gasteiger partial charge on any atom is -0.371 e. The predicted molar refractivity (Wildman–Crippen MR) is 79.8 cm³/mol. The highest BCUT2D eigenvalue weighted by molar-refractivity contribution is 5.46. The number of hydrogen-bond donors (Lipinski definition) is 1. The van der Waals surface area contributed by atoms with Crippen molar-refractivity contribution in [1.29, 1.82) is 0 Å². The van der Waals surface area contributed by atoms with Crippen molar-refractivity contribution in [1.82, 2.24) is 10.5 Å². The number of nitrogens with zero attached hydrogens (tertiary/aromatic N) is 2. The van der Waals surface area contributed by atoms with Crippen LogP contribution in [0.3, 0.4) is 0 Å². The first-order chi connectivity index (χ1) is 9.81. The molecule has 20 heavy (non-hydrogen) atoms. The minimum atomic E-state index is 0.576. The van der Waals surface area contributed by atoms with Crippen LogP contribution in [-0.2, 0) is 6.54 Å². The molecule has 4 heteroatoms. The highest BCUT2D eigenvalue weighted by Crippen LogP contribution is 2.19. The van der Waals surface area contributed by atoms with Gasteiger partial charge in [-0.05, 0) is 31.9 Å². The number of anilines is 1. The molecular formula is C16H21N3O. The van der Waals surface area contributed by atoms with Crippen molar-refractivity contribution in [2.45, 2.75) is 32.4 Å². The number of piperidine rings is 1. The fraction of sp³-hybridized carbons (Fsp3) is 0.438. The van der Waals surface area contributed by atoms with E-state index < -0.39 is 0 Å². The third-order valence-corrected chi connectivity index (χ3v) is 3.86. The number of benzene rings is 1. The molecule has 3 rings (SSSR count). The summed E-state index contributed by atoms with van der Waals surface area (Å²) in [4.78, 5) is 2.46. The van der Waals surface area contributed by atoms with Crippen molar-refractivity contribution in [3.05, 3.63) is 47.9 Å². The second-order valence-electron chi connectivity index (χ2n) is 5.41. The van der Waals surface area contributed by atoms with E-state index in [1.54, 1.807) is 0 Å². The van der Waals surface area contributed by atoms with Crippen molar-refractivity contribution >= 4 is 5.69 Å². The van der Waals surface area contributed by atoms with Crippen molar-refractivity contribution < 1.29 is 4.52 Å². The summed E-state index contributed by atoms with van der Waals surface area (Å²) in [5, 5.41) is 7.59. The van der Waals surface area contributed by atoms with Crippen molar-refractivity contribution in [2.75, 3.05) is 18.0 Å². The van der Waals surface area contributed by atoms with Gasteiger partial charge in [-0.15, -0.1) is 0 Å². The molecule has 1 N–H and O–H groups in total. The zero-order valence-corrected chi connectivity index (χ0v) is 11.9. The molecule has 1 aromatic heterocycles. The van der Waals surface area contributed by atoms with Crippen LogP contribution in [-0.4, -0.2) is 24.3 Å². The van der Waals surface area contributed by atoms with Gasteiger partial charge in [-0.3, -0.25) is 0 Å². The lowest BCUT2D eigenvalue weighted by atomic mass is 10.0. The molecule has 2 heterocycles. The van der Waals surface area contributed by atoms with Crippen molar-refractivity contribution in [3.63, 3.8) is 0 Å². The molecule has 0 radical (unpaired) electrons. The number of para-hydroxylation sites is 1. The fourth-order valence-corrected chi connectivity index (χ4v) is 2.73. The molecule has 0 amide bonds. The summed E-state index contributed by atoms with van der Waals surface area (Å²) in [6.45, 7) is 4.95. The zero-order chi connectivity index (χ0) is 13.8. The second-order valence-corrected chi connectivity index (χ2v) is 5.41.